The zero-order chi connectivity index (χ0) is 22.0. The zero-order valence-electron chi connectivity index (χ0n) is 20.0. The second-order valence-corrected chi connectivity index (χ2v) is 16.9. The van der Waals surface area contributed by atoms with Crippen molar-refractivity contribution in [3.8, 4) is 0 Å². The van der Waals surface area contributed by atoms with E-state index >= 15 is 0 Å². The first kappa shape index (κ1) is 21.3. The summed E-state index contributed by atoms with van der Waals surface area (Å²) >= 11 is 0. The number of rotatable bonds is 6. The average molecular weight is 441 g/mol. The lowest BCUT2D eigenvalue weighted by Gasteiger charge is -2.74. The molecule has 0 spiro atoms. The van der Waals surface area contributed by atoms with Crippen LogP contribution >= 0.6 is 0 Å². The highest BCUT2D eigenvalue weighted by Crippen LogP contribution is 2.63. The van der Waals surface area contributed by atoms with E-state index in [0.717, 1.165) is 43.7 Å². The van der Waals surface area contributed by atoms with Crippen LogP contribution in [0, 0.1) is 0 Å². The van der Waals surface area contributed by atoms with E-state index in [0.29, 0.717) is 16.6 Å². The van der Waals surface area contributed by atoms with E-state index in [1.165, 1.54) is 5.56 Å². The Morgan fingerprint density at radius 1 is 0.903 bits per heavy atom. The van der Waals surface area contributed by atoms with Gasteiger partial charge in [0.15, 0.2) is 19.8 Å². The molecule has 4 bridgehead atoms. The molecule has 0 N–H and O–H groups in total. The summed E-state index contributed by atoms with van der Waals surface area (Å²) in [5.74, 6) is 1.02. The summed E-state index contributed by atoms with van der Waals surface area (Å²) in [5, 5.41) is -0.113. The van der Waals surface area contributed by atoms with Crippen molar-refractivity contribution >= 4 is 14.0 Å². The molecule has 0 saturated carbocycles. The SMILES string of the molecule is CC(C)[Si](C(C)C)(C(C)C)C1(c2ccccc2)N2CN3CN(C2)C[N+]1(c1cnco1)C3. The Hall–Kier alpha value is -1.51. The third-order valence-corrected chi connectivity index (χ3v) is 16.6. The van der Waals surface area contributed by atoms with Crippen LogP contribution in [-0.4, -0.2) is 61.1 Å². The van der Waals surface area contributed by atoms with Crippen molar-refractivity contribution in [3.63, 3.8) is 0 Å². The molecule has 4 fully saturated rings. The maximum Gasteiger partial charge on any atom is 0.320 e. The quantitative estimate of drug-likeness (QED) is 0.477. The predicted octanol–water partition coefficient (Wildman–Crippen LogP) is 4.79. The van der Waals surface area contributed by atoms with Gasteiger partial charge in [-0.15, -0.1) is 0 Å². The molecule has 4 saturated heterocycles. The molecule has 6 nitrogen and oxygen atoms in total. The maximum atomic E-state index is 6.23. The van der Waals surface area contributed by atoms with Crippen LogP contribution in [0.3, 0.4) is 0 Å². The summed E-state index contributed by atoms with van der Waals surface area (Å²) in [4.78, 5) is 12.4. The number of nitrogens with zero attached hydrogens (tertiary/aromatic N) is 5. The third kappa shape index (κ3) is 2.50. The minimum atomic E-state index is -2.09. The van der Waals surface area contributed by atoms with Crippen LogP contribution < -0.4 is 4.48 Å². The van der Waals surface area contributed by atoms with Crippen LogP contribution in [-0.2, 0) is 5.29 Å². The van der Waals surface area contributed by atoms with Crippen LogP contribution in [0.4, 0.5) is 5.88 Å². The Kier molecular flexibility index (Phi) is 4.99. The first-order valence-corrected chi connectivity index (χ1v) is 14.1. The second kappa shape index (κ2) is 7.25. The normalized spacial score (nSPS) is 34.9. The minimum Gasteiger partial charge on any atom is -0.399 e. The van der Waals surface area contributed by atoms with Crippen molar-refractivity contribution in [1.82, 2.24) is 24.2 Å². The average Bonchev–Trinajstić information content (AvgIpc) is 3.25. The Morgan fingerprint density at radius 3 is 1.97 bits per heavy atom. The molecule has 6 rings (SSSR count). The van der Waals surface area contributed by atoms with Gasteiger partial charge in [0.05, 0.1) is 20.0 Å². The number of hydrogen-bond acceptors (Lipinski definition) is 5. The molecule has 4 aliphatic heterocycles. The zero-order valence-corrected chi connectivity index (χ0v) is 21.0. The van der Waals surface area contributed by atoms with Crippen molar-refractivity contribution in [3.05, 3.63) is 48.5 Å². The van der Waals surface area contributed by atoms with E-state index < -0.39 is 8.07 Å². The van der Waals surface area contributed by atoms with Gasteiger partial charge in [-0.1, -0.05) is 71.9 Å². The fourth-order valence-electron chi connectivity index (χ4n) is 8.41. The van der Waals surface area contributed by atoms with Gasteiger partial charge in [-0.05, 0) is 16.6 Å². The molecule has 168 valence electrons. The van der Waals surface area contributed by atoms with E-state index in [9.17, 15) is 0 Å². The Labute approximate surface area is 188 Å². The molecule has 0 aliphatic carbocycles. The number of oxazole rings is 1. The molecule has 0 amide bonds. The van der Waals surface area contributed by atoms with Crippen LogP contribution in [0.1, 0.15) is 47.1 Å². The highest BCUT2D eigenvalue weighted by molar-refractivity contribution is 6.86. The lowest BCUT2D eigenvalue weighted by Crippen LogP contribution is -2.94. The molecule has 7 heteroatoms. The molecule has 4 aliphatic rings. The van der Waals surface area contributed by atoms with Gasteiger partial charge in [0, 0.05) is 5.56 Å². The highest BCUT2D eigenvalue weighted by Gasteiger charge is 2.78. The molecule has 2 aromatic rings. The third-order valence-electron chi connectivity index (χ3n) is 8.59. The van der Waals surface area contributed by atoms with Crippen molar-refractivity contribution in [2.24, 2.45) is 0 Å². The van der Waals surface area contributed by atoms with E-state index in [1.54, 1.807) is 6.39 Å². The predicted molar refractivity (Wildman–Crippen MR) is 127 cm³/mol. The van der Waals surface area contributed by atoms with Crippen LogP contribution in [0.15, 0.2) is 47.3 Å². The number of quaternary nitrogens is 1. The Morgan fingerprint density at radius 2 is 1.48 bits per heavy atom. The number of hydrogen-bond donors (Lipinski definition) is 0. The monoisotopic (exact) mass is 440 g/mol. The van der Waals surface area contributed by atoms with Gasteiger partial charge >= 0.3 is 5.88 Å². The van der Waals surface area contributed by atoms with Crippen molar-refractivity contribution in [2.75, 3.05) is 33.3 Å². The highest BCUT2D eigenvalue weighted by atomic mass is 28.3. The summed E-state index contributed by atoms with van der Waals surface area (Å²) < 4.78 is 7.05. The Bertz CT molecular complexity index is 880. The van der Waals surface area contributed by atoms with Crippen LogP contribution in [0.2, 0.25) is 16.6 Å². The molecule has 1 aromatic carbocycles. The Balaban J connectivity index is 1.93. The first-order chi connectivity index (χ1) is 14.8. The first-order valence-electron chi connectivity index (χ1n) is 11.8. The lowest BCUT2D eigenvalue weighted by molar-refractivity contribution is -0.255. The molecular formula is C24H38N5OSi+. The maximum absolute atomic E-state index is 6.23. The topological polar surface area (TPSA) is 35.8 Å². The molecule has 31 heavy (non-hydrogen) atoms. The summed E-state index contributed by atoms with van der Waals surface area (Å²) in [7, 11) is -2.09. The van der Waals surface area contributed by atoms with Crippen LogP contribution in [0.5, 0.6) is 0 Å². The van der Waals surface area contributed by atoms with E-state index in [2.05, 4.69) is 91.6 Å². The number of benzene rings is 1. The summed E-state index contributed by atoms with van der Waals surface area (Å²) in [6.07, 6.45) is 3.62. The molecule has 3 atom stereocenters. The summed E-state index contributed by atoms with van der Waals surface area (Å²) in [6, 6.07) is 11.4. The second-order valence-electron chi connectivity index (χ2n) is 10.8. The van der Waals surface area contributed by atoms with Crippen molar-refractivity contribution in [1.29, 1.82) is 0 Å². The van der Waals surface area contributed by atoms with Gasteiger partial charge in [-0.25, -0.2) is 24.2 Å². The minimum absolute atomic E-state index is 0.113. The van der Waals surface area contributed by atoms with Gasteiger partial charge in [0.1, 0.15) is 19.5 Å². The summed E-state index contributed by atoms with van der Waals surface area (Å²) in [6.45, 7) is 20.1. The van der Waals surface area contributed by atoms with Gasteiger partial charge < -0.3 is 4.42 Å². The van der Waals surface area contributed by atoms with Crippen LogP contribution in [0.25, 0.3) is 0 Å². The van der Waals surface area contributed by atoms with E-state index in [1.807, 2.05) is 6.20 Å². The van der Waals surface area contributed by atoms with Crippen molar-refractivity contribution in [2.45, 2.75) is 63.5 Å². The molecule has 1 aromatic heterocycles. The van der Waals surface area contributed by atoms with E-state index in [4.69, 9.17) is 4.42 Å². The smallest absolute Gasteiger partial charge is 0.320 e. The molecule has 3 unspecified atom stereocenters. The molecule has 0 radical (unpaired) electrons. The standard InChI is InChI=1S/C24H38N5OSi/c1-19(2)31(20(3)4,21(5)6)24(22-10-8-7-9-11-22)28-15-26-14-27(16-28)18-29(24,17-26)23-12-25-13-30-23/h7-13,19-21H,14-18H2,1-6H3/q+1. The van der Waals surface area contributed by atoms with Gasteiger partial charge in [-0.3, -0.25) is 0 Å². The van der Waals surface area contributed by atoms with Gasteiger partial charge in [-0.2, -0.15) is 0 Å². The summed E-state index contributed by atoms with van der Waals surface area (Å²) in [5.41, 5.74) is 3.32. The lowest BCUT2D eigenvalue weighted by atomic mass is 10.0. The molecular weight excluding hydrogens is 402 g/mol. The van der Waals surface area contributed by atoms with E-state index in [-0.39, 0.29) is 5.29 Å². The van der Waals surface area contributed by atoms with Gasteiger partial charge in [0.2, 0.25) is 0 Å². The number of aromatic nitrogens is 1. The largest absolute Gasteiger partial charge is 0.399 e. The fraction of sp³-hybridized carbons (Fsp3) is 0.625. The molecule has 5 heterocycles. The van der Waals surface area contributed by atoms with Crippen molar-refractivity contribution < 1.29 is 4.42 Å². The van der Waals surface area contributed by atoms with Gasteiger partial charge in [0.25, 0.3) is 0 Å². The fourth-order valence-corrected chi connectivity index (χ4v) is 17.2.